The molecule has 1 rings (SSSR count). The molecule has 0 fully saturated rings. The van der Waals surface area contributed by atoms with E-state index >= 15 is 0 Å². The van der Waals surface area contributed by atoms with Crippen molar-refractivity contribution in [3.63, 3.8) is 0 Å². The molecular formula is C14H20BNO2. The molecule has 0 aliphatic heterocycles. The number of nitro benzene ring substituents is 1. The summed E-state index contributed by atoms with van der Waals surface area (Å²) < 4.78 is 0. The Morgan fingerprint density at radius 3 is 2.33 bits per heavy atom. The highest BCUT2D eigenvalue weighted by Crippen LogP contribution is 2.36. The molecule has 0 N–H and O–H groups in total. The van der Waals surface area contributed by atoms with E-state index in [0.717, 1.165) is 18.4 Å². The van der Waals surface area contributed by atoms with E-state index in [9.17, 15) is 10.1 Å². The van der Waals surface area contributed by atoms with E-state index in [-0.39, 0.29) is 22.3 Å². The van der Waals surface area contributed by atoms with Crippen molar-refractivity contribution in [2.45, 2.75) is 45.3 Å². The molecule has 0 saturated carbocycles. The first-order chi connectivity index (χ1) is 8.41. The van der Waals surface area contributed by atoms with Crippen molar-refractivity contribution in [2.24, 2.45) is 5.92 Å². The van der Waals surface area contributed by atoms with E-state index in [1.54, 1.807) is 12.1 Å². The molecule has 0 spiro atoms. The van der Waals surface area contributed by atoms with Crippen LogP contribution < -0.4 is 0 Å². The van der Waals surface area contributed by atoms with Crippen LogP contribution in [0.25, 0.3) is 0 Å². The molecule has 2 radical (unpaired) electrons. The van der Waals surface area contributed by atoms with Gasteiger partial charge in [0.25, 0.3) is 5.69 Å². The van der Waals surface area contributed by atoms with E-state index in [4.69, 9.17) is 7.85 Å². The molecule has 1 aromatic carbocycles. The van der Waals surface area contributed by atoms with Crippen LogP contribution >= 0.6 is 0 Å². The van der Waals surface area contributed by atoms with Crippen LogP contribution in [0.4, 0.5) is 5.69 Å². The van der Waals surface area contributed by atoms with Gasteiger partial charge in [-0.1, -0.05) is 51.2 Å². The second-order valence-corrected chi connectivity index (χ2v) is 5.36. The van der Waals surface area contributed by atoms with Gasteiger partial charge in [-0.05, 0) is 18.3 Å². The van der Waals surface area contributed by atoms with Gasteiger partial charge in [0.1, 0.15) is 0 Å². The van der Waals surface area contributed by atoms with Crippen LogP contribution in [-0.2, 0) is 0 Å². The summed E-state index contributed by atoms with van der Waals surface area (Å²) in [5, 5.41) is 11.1. The molecule has 0 aromatic heterocycles. The van der Waals surface area contributed by atoms with Crippen molar-refractivity contribution < 1.29 is 4.92 Å². The molecule has 0 aliphatic rings. The first-order valence-electron chi connectivity index (χ1n) is 6.40. The van der Waals surface area contributed by atoms with E-state index in [1.807, 2.05) is 19.1 Å². The van der Waals surface area contributed by atoms with Crippen molar-refractivity contribution in [3.8, 4) is 0 Å². The Kier molecular flexibility index (Phi) is 5.38. The van der Waals surface area contributed by atoms with Gasteiger partial charge in [0.2, 0.25) is 0 Å². The zero-order valence-electron chi connectivity index (χ0n) is 11.3. The van der Waals surface area contributed by atoms with Crippen LogP contribution in [0.1, 0.15) is 45.1 Å². The second-order valence-electron chi connectivity index (χ2n) is 5.36. The van der Waals surface area contributed by atoms with Gasteiger partial charge in [-0.2, -0.15) is 0 Å². The highest BCUT2D eigenvalue weighted by molar-refractivity contribution is 6.11. The summed E-state index contributed by atoms with van der Waals surface area (Å²) in [4.78, 5) is 10.8. The number of hydrogen-bond acceptors (Lipinski definition) is 2. The van der Waals surface area contributed by atoms with E-state index in [0.29, 0.717) is 5.92 Å². The molecule has 0 heterocycles. The first-order valence-corrected chi connectivity index (χ1v) is 6.40. The van der Waals surface area contributed by atoms with Crippen molar-refractivity contribution in [1.82, 2.24) is 0 Å². The van der Waals surface area contributed by atoms with E-state index < -0.39 is 0 Å². The Hall–Kier alpha value is -1.32. The van der Waals surface area contributed by atoms with Crippen LogP contribution in [0.15, 0.2) is 24.3 Å². The number of nitrogens with zero attached hydrogens (tertiary/aromatic N) is 1. The smallest absolute Gasteiger partial charge is 0.258 e. The third kappa shape index (κ3) is 4.17. The number of nitro groups is 1. The van der Waals surface area contributed by atoms with Gasteiger partial charge in [0.15, 0.2) is 0 Å². The number of para-hydroxylation sites is 1. The van der Waals surface area contributed by atoms with Crippen molar-refractivity contribution in [3.05, 3.63) is 39.9 Å². The lowest BCUT2D eigenvalue weighted by Gasteiger charge is -2.21. The minimum atomic E-state index is -0.302. The van der Waals surface area contributed by atoms with Crippen LogP contribution in [0.3, 0.4) is 0 Å². The topological polar surface area (TPSA) is 43.1 Å². The van der Waals surface area contributed by atoms with Gasteiger partial charge < -0.3 is 0 Å². The Morgan fingerprint density at radius 1 is 1.22 bits per heavy atom. The Morgan fingerprint density at radius 2 is 1.83 bits per heavy atom. The third-order valence-corrected chi connectivity index (χ3v) is 2.99. The molecular weight excluding hydrogens is 225 g/mol. The van der Waals surface area contributed by atoms with E-state index in [2.05, 4.69) is 13.8 Å². The monoisotopic (exact) mass is 245 g/mol. The molecule has 2 atom stereocenters. The minimum Gasteiger partial charge on any atom is -0.258 e. The molecule has 2 unspecified atom stereocenters. The van der Waals surface area contributed by atoms with Crippen molar-refractivity contribution in [2.75, 3.05) is 0 Å². The normalized spacial score (nSPS) is 14.4. The number of hydrogen-bond donors (Lipinski definition) is 0. The first kappa shape index (κ1) is 14.7. The van der Waals surface area contributed by atoms with Gasteiger partial charge in [-0.15, -0.1) is 0 Å². The number of benzene rings is 1. The Bertz CT molecular complexity index is 395. The Balaban J connectivity index is 3.07. The van der Waals surface area contributed by atoms with Gasteiger partial charge >= 0.3 is 0 Å². The molecule has 18 heavy (non-hydrogen) atoms. The van der Waals surface area contributed by atoms with E-state index in [1.165, 1.54) is 0 Å². The molecule has 0 aliphatic carbocycles. The van der Waals surface area contributed by atoms with Crippen molar-refractivity contribution >= 4 is 13.5 Å². The van der Waals surface area contributed by atoms with Crippen LogP contribution in [0, 0.1) is 16.0 Å². The fourth-order valence-electron chi connectivity index (χ4n) is 2.37. The summed E-state index contributed by atoms with van der Waals surface area (Å²) in [6.45, 7) is 6.20. The largest absolute Gasteiger partial charge is 0.272 e. The molecule has 1 aromatic rings. The fraction of sp³-hybridized carbons (Fsp3) is 0.571. The van der Waals surface area contributed by atoms with Crippen LogP contribution in [0.2, 0.25) is 5.82 Å². The maximum absolute atomic E-state index is 11.1. The summed E-state index contributed by atoms with van der Waals surface area (Å²) in [7, 11) is 5.86. The summed E-state index contributed by atoms with van der Waals surface area (Å²) in [5.41, 5.74) is 1.03. The third-order valence-electron chi connectivity index (χ3n) is 2.99. The lowest BCUT2D eigenvalue weighted by Crippen LogP contribution is -2.08. The summed E-state index contributed by atoms with van der Waals surface area (Å²) >= 11 is 0. The molecule has 4 heteroatoms. The zero-order chi connectivity index (χ0) is 13.7. The highest BCUT2D eigenvalue weighted by atomic mass is 16.6. The fourth-order valence-corrected chi connectivity index (χ4v) is 2.37. The van der Waals surface area contributed by atoms with Crippen LogP contribution in [0.5, 0.6) is 0 Å². The average Bonchev–Trinajstić information content (AvgIpc) is 2.26. The SMILES string of the molecule is [B]C(C)CC(CC(C)C)c1ccccc1[N+](=O)[O-]. The summed E-state index contributed by atoms with van der Waals surface area (Å²) in [6, 6.07) is 6.99. The molecule has 3 nitrogen and oxygen atoms in total. The maximum atomic E-state index is 11.1. The summed E-state index contributed by atoms with van der Waals surface area (Å²) in [6.07, 6.45) is 1.70. The highest BCUT2D eigenvalue weighted by Gasteiger charge is 2.22. The molecule has 96 valence electrons. The van der Waals surface area contributed by atoms with Gasteiger partial charge in [0, 0.05) is 11.6 Å². The predicted molar refractivity (Wildman–Crippen MR) is 75.1 cm³/mol. The van der Waals surface area contributed by atoms with Gasteiger partial charge in [-0.3, -0.25) is 10.1 Å². The standard InChI is InChI=1S/C14H20BNO2/c1-10(2)8-12(9-11(3)15)13-6-4-5-7-14(13)16(17)18/h4-7,10-12H,8-9H2,1-3H3. The molecule has 0 bridgehead atoms. The minimum absolute atomic E-state index is 0.0496. The molecule has 0 saturated heterocycles. The summed E-state index contributed by atoms with van der Waals surface area (Å²) in [5.74, 6) is 0.703. The quantitative estimate of drug-likeness (QED) is 0.430. The Labute approximate surface area is 110 Å². The van der Waals surface area contributed by atoms with Crippen molar-refractivity contribution in [1.29, 1.82) is 0 Å². The lowest BCUT2D eigenvalue weighted by atomic mass is 9.76. The maximum Gasteiger partial charge on any atom is 0.272 e. The van der Waals surface area contributed by atoms with Gasteiger partial charge in [0.05, 0.1) is 12.8 Å². The van der Waals surface area contributed by atoms with Gasteiger partial charge in [-0.25, -0.2) is 0 Å². The predicted octanol–water partition coefficient (Wildman–Crippen LogP) is 4.09. The average molecular weight is 245 g/mol. The second kappa shape index (κ2) is 6.57. The van der Waals surface area contributed by atoms with Crippen LogP contribution in [-0.4, -0.2) is 12.8 Å². The number of rotatable bonds is 6. The molecule has 0 amide bonds. The lowest BCUT2D eigenvalue weighted by molar-refractivity contribution is -0.385. The zero-order valence-corrected chi connectivity index (χ0v) is 11.3.